The van der Waals surface area contributed by atoms with Gasteiger partial charge in [-0.25, -0.2) is 4.39 Å². The summed E-state index contributed by atoms with van der Waals surface area (Å²) in [6.07, 6.45) is 0. The van der Waals surface area contributed by atoms with Crippen LogP contribution in [0.1, 0.15) is 17.3 Å². The smallest absolute Gasteiger partial charge is 0.203 e. The summed E-state index contributed by atoms with van der Waals surface area (Å²) in [6, 6.07) is 11.3. The quantitative estimate of drug-likeness (QED) is 0.729. The number of carbonyl (C=O) groups is 1. The Morgan fingerprint density at radius 2 is 1.95 bits per heavy atom. The Hall–Kier alpha value is -1.88. The van der Waals surface area contributed by atoms with Crippen molar-refractivity contribution in [2.45, 2.75) is 6.92 Å². The van der Waals surface area contributed by atoms with E-state index in [0.717, 1.165) is 0 Å². The molecule has 0 aliphatic rings. The van der Waals surface area contributed by atoms with E-state index in [9.17, 15) is 9.18 Å². The average molecular weight is 353 g/mol. The highest BCUT2D eigenvalue weighted by molar-refractivity contribution is 9.10. The Balaban J connectivity index is 2.06. The highest BCUT2D eigenvalue weighted by Gasteiger charge is 2.13. The van der Waals surface area contributed by atoms with Crippen LogP contribution < -0.4 is 9.47 Å². The van der Waals surface area contributed by atoms with Crippen LogP contribution in [-0.4, -0.2) is 19.0 Å². The predicted molar refractivity (Wildman–Crippen MR) is 81.5 cm³/mol. The monoisotopic (exact) mass is 352 g/mol. The summed E-state index contributed by atoms with van der Waals surface area (Å²) in [5.74, 6) is 0.172. The van der Waals surface area contributed by atoms with Crippen molar-refractivity contribution in [2.24, 2.45) is 0 Å². The Morgan fingerprint density at radius 1 is 1.19 bits per heavy atom. The lowest BCUT2D eigenvalue weighted by molar-refractivity contribution is 0.0917. The van der Waals surface area contributed by atoms with Crippen LogP contribution in [0.2, 0.25) is 0 Å². The van der Waals surface area contributed by atoms with Gasteiger partial charge >= 0.3 is 0 Å². The molecule has 0 fully saturated rings. The van der Waals surface area contributed by atoms with E-state index < -0.39 is 5.82 Å². The first-order valence-corrected chi connectivity index (χ1v) is 7.24. The van der Waals surface area contributed by atoms with E-state index in [-0.39, 0.29) is 12.4 Å². The largest absolute Gasteiger partial charge is 0.493 e. The van der Waals surface area contributed by atoms with Crippen LogP contribution in [0.5, 0.6) is 11.5 Å². The molecule has 0 aliphatic heterocycles. The van der Waals surface area contributed by atoms with E-state index in [2.05, 4.69) is 15.9 Å². The molecule has 0 unspecified atom stereocenters. The van der Waals surface area contributed by atoms with Crippen LogP contribution in [0.15, 0.2) is 46.9 Å². The molecule has 0 aromatic heterocycles. The number of hydrogen-bond acceptors (Lipinski definition) is 3. The van der Waals surface area contributed by atoms with Gasteiger partial charge in [0.2, 0.25) is 5.78 Å². The summed E-state index contributed by atoms with van der Waals surface area (Å²) >= 11 is 3.06. The Labute approximate surface area is 130 Å². The number of Topliss-reactive ketones (excluding diaryl/α,β-unsaturated/α-hetero) is 1. The normalized spacial score (nSPS) is 10.2. The molecule has 0 N–H and O–H groups in total. The molecule has 0 saturated heterocycles. The highest BCUT2D eigenvalue weighted by atomic mass is 79.9. The fraction of sp³-hybridized carbons (Fsp3) is 0.188. The second kappa shape index (κ2) is 7.22. The molecule has 5 heteroatoms. The fourth-order valence-electron chi connectivity index (χ4n) is 1.77. The molecule has 0 radical (unpaired) electrons. The fourth-order valence-corrected chi connectivity index (χ4v) is 2.02. The van der Waals surface area contributed by atoms with Gasteiger partial charge in [-0.3, -0.25) is 4.79 Å². The maximum absolute atomic E-state index is 13.4. The Bertz CT molecular complexity index is 643. The average Bonchev–Trinajstić information content (AvgIpc) is 2.49. The number of benzene rings is 2. The molecule has 0 atom stereocenters. The summed E-state index contributed by atoms with van der Waals surface area (Å²) in [5, 5.41) is 0. The van der Waals surface area contributed by atoms with Gasteiger partial charge in [-0.15, -0.1) is 0 Å². The van der Waals surface area contributed by atoms with Gasteiger partial charge in [0.05, 0.1) is 16.6 Å². The predicted octanol–water partition coefficient (Wildman–Crippen LogP) is 4.25. The van der Waals surface area contributed by atoms with Crippen LogP contribution in [-0.2, 0) is 0 Å². The second-order valence-corrected chi connectivity index (χ2v) is 5.07. The molecule has 0 aliphatic carbocycles. The van der Waals surface area contributed by atoms with E-state index in [1.807, 2.05) is 6.92 Å². The lowest BCUT2D eigenvalue weighted by Crippen LogP contribution is -2.13. The number of ketones is 1. The summed E-state index contributed by atoms with van der Waals surface area (Å²) in [7, 11) is 0. The molecule has 2 aromatic carbocycles. The van der Waals surface area contributed by atoms with Crippen molar-refractivity contribution in [1.82, 2.24) is 0 Å². The van der Waals surface area contributed by atoms with Crippen molar-refractivity contribution in [3.8, 4) is 11.5 Å². The van der Waals surface area contributed by atoms with Crippen LogP contribution in [0, 0.1) is 5.82 Å². The topological polar surface area (TPSA) is 35.5 Å². The van der Waals surface area contributed by atoms with E-state index in [1.165, 1.54) is 12.1 Å². The van der Waals surface area contributed by atoms with E-state index in [0.29, 0.717) is 28.1 Å². The maximum atomic E-state index is 13.4. The maximum Gasteiger partial charge on any atom is 0.203 e. The molecule has 0 saturated carbocycles. The standard InChI is InChI=1S/C16H14BrFO3/c1-2-20-16-6-4-3-5-12(16)15(19)10-21-11-7-8-13(17)14(18)9-11/h3-9H,2,10H2,1H3. The third kappa shape index (κ3) is 4.04. The number of carbonyl (C=O) groups excluding carboxylic acids is 1. The summed E-state index contributed by atoms with van der Waals surface area (Å²) < 4.78 is 24.4. The van der Waals surface area contributed by atoms with Gasteiger partial charge in [0.15, 0.2) is 6.61 Å². The molecular weight excluding hydrogens is 339 g/mol. The minimum absolute atomic E-state index is 0.175. The molecule has 2 aromatic rings. The van der Waals surface area contributed by atoms with Crippen molar-refractivity contribution in [3.63, 3.8) is 0 Å². The van der Waals surface area contributed by atoms with Crippen LogP contribution >= 0.6 is 15.9 Å². The zero-order chi connectivity index (χ0) is 15.2. The summed E-state index contributed by atoms with van der Waals surface area (Å²) in [4.78, 5) is 12.2. The van der Waals surface area contributed by atoms with Crippen molar-refractivity contribution in [1.29, 1.82) is 0 Å². The molecule has 2 rings (SSSR count). The summed E-state index contributed by atoms with van der Waals surface area (Å²) in [6.45, 7) is 2.15. The number of rotatable bonds is 6. The Morgan fingerprint density at radius 3 is 2.67 bits per heavy atom. The van der Waals surface area contributed by atoms with Gasteiger partial charge in [0, 0.05) is 6.07 Å². The molecular formula is C16H14BrFO3. The van der Waals surface area contributed by atoms with E-state index >= 15 is 0 Å². The lowest BCUT2D eigenvalue weighted by atomic mass is 10.1. The number of hydrogen-bond donors (Lipinski definition) is 0. The van der Waals surface area contributed by atoms with Crippen molar-refractivity contribution < 1.29 is 18.7 Å². The zero-order valence-electron chi connectivity index (χ0n) is 11.4. The molecule has 0 bridgehead atoms. The molecule has 110 valence electrons. The first-order chi connectivity index (χ1) is 10.1. The SMILES string of the molecule is CCOc1ccccc1C(=O)COc1ccc(Br)c(F)c1. The first-order valence-electron chi connectivity index (χ1n) is 6.44. The number of ether oxygens (including phenoxy) is 2. The lowest BCUT2D eigenvalue weighted by Gasteiger charge is -2.10. The highest BCUT2D eigenvalue weighted by Crippen LogP contribution is 2.22. The van der Waals surface area contributed by atoms with Gasteiger partial charge in [-0.1, -0.05) is 12.1 Å². The first kappa shape index (κ1) is 15.5. The second-order valence-electron chi connectivity index (χ2n) is 4.22. The number of para-hydroxylation sites is 1. The molecule has 0 amide bonds. The van der Waals surface area contributed by atoms with Gasteiger partial charge in [0.25, 0.3) is 0 Å². The van der Waals surface area contributed by atoms with Crippen LogP contribution in [0.4, 0.5) is 4.39 Å². The van der Waals surface area contributed by atoms with Crippen molar-refractivity contribution >= 4 is 21.7 Å². The van der Waals surface area contributed by atoms with Gasteiger partial charge in [0.1, 0.15) is 17.3 Å². The van der Waals surface area contributed by atoms with E-state index in [4.69, 9.17) is 9.47 Å². The van der Waals surface area contributed by atoms with Crippen molar-refractivity contribution in [3.05, 3.63) is 58.3 Å². The Kier molecular flexibility index (Phi) is 5.33. The van der Waals surface area contributed by atoms with E-state index in [1.54, 1.807) is 30.3 Å². The minimum Gasteiger partial charge on any atom is -0.493 e. The molecule has 0 spiro atoms. The van der Waals surface area contributed by atoms with Gasteiger partial charge in [-0.2, -0.15) is 0 Å². The summed E-state index contributed by atoms with van der Waals surface area (Å²) in [5.41, 5.74) is 0.455. The van der Waals surface area contributed by atoms with Crippen LogP contribution in [0.3, 0.4) is 0 Å². The zero-order valence-corrected chi connectivity index (χ0v) is 13.0. The van der Waals surface area contributed by atoms with Crippen LogP contribution in [0.25, 0.3) is 0 Å². The molecule has 0 heterocycles. The minimum atomic E-state index is -0.435. The molecule has 3 nitrogen and oxygen atoms in total. The third-order valence-electron chi connectivity index (χ3n) is 2.75. The van der Waals surface area contributed by atoms with Crippen molar-refractivity contribution in [2.75, 3.05) is 13.2 Å². The third-order valence-corrected chi connectivity index (χ3v) is 3.39. The molecule has 21 heavy (non-hydrogen) atoms. The van der Waals surface area contributed by atoms with Gasteiger partial charge < -0.3 is 9.47 Å². The van der Waals surface area contributed by atoms with Gasteiger partial charge in [-0.05, 0) is 47.1 Å². The number of halogens is 2.